The van der Waals surface area contributed by atoms with Gasteiger partial charge in [0.2, 0.25) is 5.91 Å². The normalized spacial score (nSPS) is 19.5. The number of likely N-dealkylation sites (tertiary alicyclic amines) is 1. The van der Waals surface area contributed by atoms with Crippen LogP contribution < -0.4 is 0 Å². The molecule has 2 rings (SSSR count). The highest BCUT2D eigenvalue weighted by Gasteiger charge is 2.35. The lowest BCUT2D eigenvalue weighted by Crippen LogP contribution is -2.42. The van der Waals surface area contributed by atoms with Crippen LogP contribution in [0.25, 0.3) is 0 Å². The third-order valence-electron chi connectivity index (χ3n) is 4.01. The zero-order chi connectivity index (χ0) is 18.1. The second-order valence-corrected chi connectivity index (χ2v) is 8.44. The van der Waals surface area contributed by atoms with Crippen molar-refractivity contribution >= 4 is 15.7 Å². The lowest BCUT2D eigenvalue weighted by Gasteiger charge is -2.32. The van der Waals surface area contributed by atoms with Crippen molar-refractivity contribution in [3.63, 3.8) is 0 Å². The van der Waals surface area contributed by atoms with Crippen molar-refractivity contribution in [1.82, 2.24) is 14.7 Å². The first-order valence-corrected chi connectivity index (χ1v) is 9.57. The summed E-state index contributed by atoms with van der Waals surface area (Å²) in [5, 5.41) is 3.39. The minimum Gasteiger partial charge on any atom is -0.342 e. The number of sulfone groups is 1. The molecule has 0 aliphatic carbocycles. The molecule has 1 aliphatic heterocycles. The number of alkyl halides is 3. The van der Waals surface area contributed by atoms with Gasteiger partial charge in [-0.25, -0.2) is 8.42 Å². The van der Waals surface area contributed by atoms with E-state index in [4.69, 9.17) is 0 Å². The number of carbonyl (C=O) groups is 1. The number of rotatable bonds is 4. The molecule has 1 atom stereocenters. The summed E-state index contributed by atoms with van der Waals surface area (Å²) < 4.78 is 61.8. The van der Waals surface area contributed by atoms with E-state index in [2.05, 4.69) is 5.10 Å². The van der Waals surface area contributed by atoms with E-state index in [9.17, 15) is 26.4 Å². The number of nitrogens with zero attached hydrogens (tertiary/aromatic N) is 3. The Morgan fingerprint density at radius 3 is 2.62 bits per heavy atom. The van der Waals surface area contributed by atoms with Crippen molar-refractivity contribution in [2.75, 3.05) is 25.1 Å². The first kappa shape index (κ1) is 18.8. The molecule has 1 aromatic rings. The fraction of sp³-hybridized carbons (Fsp3) is 0.714. The number of piperidine rings is 1. The van der Waals surface area contributed by atoms with E-state index >= 15 is 0 Å². The molecule has 0 saturated carbocycles. The third kappa shape index (κ3) is 4.96. The van der Waals surface area contributed by atoms with Crippen molar-refractivity contribution in [3.8, 4) is 0 Å². The Balaban J connectivity index is 2.03. The summed E-state index contributed by atoms with van der Waals surface area (Å²) in [5.41, 5.74) is -0.848. The number of halogens is 3. The van der Waals surface area contributed by atoms with Crippen LogP contribution in [-0.4, -0.2) is 54.1 Å². The minimum atomic E-state index is -4.55. The Morgan fingerprint density at radius 2 is 2.08 bits per heavy atom. The fourth-order valence-electron chi connectivity index (χ4n) is 2.93. The molecule has 1 fully saturated rings. The molecule has 0 bridgehead atoms. The van der Waals surface area contributed by atoms with E-state index < -0.39 is 21.7 Å². The highest BCUT2D eigenvalue weighted by molar-refractivity contribution is 7.90. The van der Waals surface area contributed by atoms with E-state index in [1.807, 2.05) is 0 Å². The van der Waals surface area contributed by atoms with E-state index in [1.165, 1.54) is 11.9 Å². The van der Waals surface area contributed by atoms with Gasteiger partial charge in [-0.15, -0.1) is 0 Å². The molecule has 24 heavy (non-hydrogen) atoms. The van der Waals surface area contributed by atoms with Crippen molar-refractivity contribution in [1.29, 1.82) is 0 Å². The number of aryl methyl sites for hydroxylation is 1. The molecule has 1 unspecified atom stereocenters. The number of amides is 1. The number of carbonyl (C=O) groups excluding carboxylic acids is 1. The molecule has 1 aromatic heterocycles. The maximum Gasteiger partial charge on any atom is 0.435 e. The van der Waals surface area contributed by atoms with Crippen molar-refractivity contribution in [2.24, 2.45) is 13.0 Å². The summed E-state index contributed by atoms with van der Waals surface area (Å²) in [6.07, 6.45) is -2.18. The molecule has 0 spiro atoms. The highest BCUT2D eigenvalue weighted by atomic mass is 32.2. The predicted molar refractivity (Wildman–Crippen MR) is 80.9 cm³/mol. The Kier molecular flexibility index (Phi) is 5.26. The van der Waals surface area contributed by atoms with Gasteiger partial charge in [0.05, 0.1) is 12.2 Å². The van der Waals surface area contributed by atoms with E-state index in [-0.39, 0.29) is 29.7 Å². The second-order valence-electron chi connectivity index (χ2n) is 6.26. The van der Waals surface area contributed by atoms with Crippen molar-refractivity contribution < 1.29 is 26.4 Å². The fourth-order valence-corrected chi connectivity index (χ4v) is 4.06. The molecule has 2 heterocycles. The van der Waals surface area contributed by atoms with Crippen molar-refractivity contribution in [3.05, 3.63) is 17.5 Å². The lowest BCUT2D eigenvalue weighted by molar-refractivity contribution is -0.141. The van der Waals surface area contributed by atoms with Crippen LogP contribution >= 0.6 is 0 Å². The Labute approximate surface area is 138 Å². The Bertz CT molecular complexity index is 713. The standard InChI is InChI=1S/C14H20F3N3O3S/c1-19-11(6-12(18-19)14(15,16)17)7-13(21)20-5-3-4-10(8-20)9-24(2,22)23/h6,10H,3-5,7-9H2,1-2H3. The highest BCUT2D eigenvalue weighted by Crippen LogP contribution is 2.28. The first-order chi connectivity index (χ1) is 11.0. The summed E-state index contributed by atoms with van der Waals surface area (Å²) in [7, 11) is -1.77. The Hall–Kier alpha value is -1.58. The average Bonchev–Trinajstić information content (AvgIpc) is 2.78. The van der Waals surface area contributed by atoms with Gasteiger partial charge in [-0.05, 0) is 24.8 Å². The molecule has 10 heteroatoms. The molecule has 0 N–H and O–H groups in total. The van der Waals surface area contributed by atoms with Gasteiger partial charge in [0.1, 0.15) is 9.84 Å². The summed E-state index contributed by atoms with van der Waals surface area (Å²) in [6.45, 7) is 0.805. The maximum absolute atomic E-state index is 12.7. The molecular formula is C14H20F3N3O3S. The molecular weight excluding hydrogens is 347 g/mol. The molecule has 136 valence electrons. The van der Waals surface area contributed by atoms with E-state index in [0.29, 0.717) is 19.5 Å². The smallest absolute Gasteiger partial charge is 0.342 e. The second kappa shape index (κ2) is 6.73. The summed E-state index contributed by atoms with van der Waals surface area (Å²) in [6, 6.07) is 0.871. The van der Waals surface area contributed by atoms with Gasteiger partial charge in [-0.3, -0.25) is 9.48 Å². The lowest BCUT2D eigenvalue weighted by atomic mass is 9.99. The zero-order valence-electron chi connectivity index (χ0n) is 13.5. The van der Waals surface area contributed by atoms with Gasteiger partial charge in [-0.1, -0.05) is 0 Å². The van der Waals surface area contributed by atoms with E-state index in [0.717, 1.165) is 23.4 Å². The largest absolute Gasteiger partial charge is 0.435 e. The maximum atomic E-state index is 12.7. The topological polar surface area (TPSA) is 72.3 Å². The number of hydrogen-bond acceptors (Lipinski definition) is 4. The molecule has 6 nitrogen and oxygen atoms in total. The van der Waals surface area contributed by atoms with Gasteiger partial charge >= 0.3 is 6.18 Å². The van der Waals surface area contributed by atoms with Crippen LogP contribution in [0.5, 0.6) is 0 Å². The van der Waals surface area contributed by atoms with Crippen LogP contribution in [-0.2, 0) is 34.3 Å². The quantitative estimate of drug-likeness (QED) is 0.803. The predicted octanol–water partition coefficient (Wildman–Crippen LogP) is 1.26. The van der Waals surface area contributed by atoms with Crippen LogP contribution in [0.15, 0.2) is 6.07 Å². The van der Waals surface area contributed by atoms with Crippen LogP contribution in [0.4, 0.5) is 13.2 Å². The van der Waals surface area contributed by atoms with Gasteiger partial charge in [0, 0.05) is 32.1 Å². The van der Waals surface area contributed by atoms with Gasteiger partial charge < -0.3 is 4.90 Å². The number of aromatic nitrogens is 2. The van der Waals surface area contributed by atoms with Gasteiger partial charge in [0.25, 0.3) is 0 Å². The molecule has 0 aromatic carbocycles. The van der Waals surface area contributed by atoms with Crippen molar-refractivity contribution in [2.45, 2.75) is 25.4 Å². The summed E-state index contributed by atoms with van der Waals surface area (Å²) in [5.74, 6) is -0.430. The average molecular weight is 367 g/mol. The molecule has 1 aliphatic rings. The number of hydrogen-bond donors (Lipinski definition) is 0. The summed E-state index contributed by atoms with van der Waals surface area (Å²) in [4.78, 5) is 13.9. The van der Waals surface area contributed by atoms with Gasteiger partial charge in [0.15, 0.2) is 5.69 Å². The van der Waals surface area contributed by atoms with Crippen LogP contribution in [0, 0.1) is 5.92 Å². The van der Waals surface area contributed by atoms with Crippen LogP contribution in [0.2, 0.25) is 0 Å². The molecule has 1 amide bonds. The Morgan fingerprint density at radius 1 is 1.42 bits per heavy atom. The minimum absolute atomic E-state index is 0.0146. The zero-order valence-corrected chi connectivity index (χ0v) is 14.3. The third-order valence-corrected chi connectivity index (χ3v) is 5.09. The molecule has 0 radical (unpaired) electrons. The first-order valence-electron chi connectivity index (χ1n) is 7.51. The SMILES string of the molecule is Cn1nc(C(F)(F)F)cc1CC(=O)N1CCCC(CS(C)(=O)=O)C1. The van der Waals surface area contributed by atoms with Crippen LogP contribution in [0.1, 0.15) is 24.2 Å². The summed E-state index contributed by atoms with van der Waals surface area (Å²) >= 11 is 0. The van der Waals surface area contributed by atoms with Crippen LogP contribution in [0.3, 0.4) is 0 Å². The van der Waals surface area contributed by atoms with E-state index in [1.54, 1.807) is 0 Å². The molecule has 1 saturated heterocycles. The monoisotopic (exact) mass is 367 g/mol. The van der Waals surface area contributed by atoms with Gasteiger partial charge in [-0.2, -0.15) is 18.3 Å².